The number of benzene rings is 1. The van der Waals surface area contributed by atoms with Crippen molar-refractivity contribution in [1.29, 1.82) is 0 Å². The van der Waals surface area contributed by atoms with Crippen LogP contribution in [0.25, 0.3) is 0 Å². The maximum absolute atomic E-state index is 6.01. The standard InChI is InChI=1S/C15H23NO/c1-12(2)13-4-6-14(7-5-13)17-15-8-10-16(3)11-9-15/h4-7,12,15H,8-11H2,1-3H3. The van der Waals surface area contributed by atoms with Crippen LogP contribution in [0.3, 0.4) is 0 Å². The highest BCUT2D eigenvalue weighted by Crippen LogP contribution is 2.21. The molecule has 0 unspecified atom stereocenters. The summed E-state index contributed by atoms with van der Waals surface area (Å²) in [7, 11) is 2.17. The van der Waals surface area contributed by atoms with Crippen LogP contribution in [0.1, 0.15) is 38.2 Å². The van der Waals surface area contributed by atoms with E-state index < -0.39 is 0 Å². The average molecular weight is 233 g/mol. The van der Waals surface area contributed by atoms with Gasteiger partial charge in [-0.3, -0.25) is 0 Å². The summed E-state index contributed by atoms with van der Waals surface area (Å²) < 4.78 is 6.01. The van der Waals surface area contributed by atoms with Crippen molar-refractivity contribution in [1.82, 2.24) is 4.90 Å². The maximum atomic E-state index is 6.01. The Labute approximate surface area is 105 Å². The highest BCUT2D eigenvalue weighted by molar-refractivity contribution is 5.29. The summed E-state index contributed by atoms with van der Waals surface area (Å²) in [6.45, 7) is 6.73. The highest BCUT2D eigenvalue weighted by Gasteiger charge is 2.17. The van der Waals surface area contributed by atoms with Crippen LogP contribution in [0.15, 0.2) is 24.3 Å². The Balaban J connectivity index is 1.90. The van der Waals surface area contributed by atoms with Crippen molar-refractivity contribution in [2.75, 3.05) is 20.1 Å². The van der Waals surface area contributed by atoms with Crippen LogP contribution in [-0.4, -0.2) is 31.1 Å². The van der Waals surface area contributed by atoms with Crippen molar-refractivity contribution >= 4 is 0 Å². The summed E-state index contributed by atoms with van der Waals surface area (Å²) in [5.41, 5.74) is 1.38. The third-order valence-corrected chi connectivity index (χ3v) is 3.52. The molecule has 1 aromatic rings. The van der Waals surface area contributed by atoms with E-state index in [4.69, 9.17) is 4.74 Å². The zero-order valence-corrected chi connectivity index (χ0v) is 11.1. The van der Waals surface area contributed by atoms with Gasteiger partial charge in [0.25, 0.3) is 0 Å². The number of ether oxygens (including phenoxy) is 1. The molecular weight excluding hydrogens is 210 g/mol. The normalized spacial score (nSPS) is 18.6. The van der Waals surface area contributed by atoms with Crippen LogP contribution in [0.4, 0.5) is 0 Å². The molecule has 94 valence electrons. The van der Waals surface area contributed by atoms with Crippen LogP contribution in [0, 0.1) is 0 Å². The minimum Gasteiger partial charge on any atom is -0.490 e. The van der Waals surface area contributed by atoms with Gasteiger partial charge in [-0.15, -0.1) is 0 Å². The fourth-order valence-corrected chi connectivity index (χ4v) is 2.23. The molecule has 2 rings (SSSR count). The van der Waals surface area contributed by atoms with Crippen LogP contribution < -0.4 is 4.74 Å². The van der Waals surface area contributed by atoms with Gasteiger partial charge in [-0.25, -0.2) is 0 Å². The quantitative estimate of drug-likeness (QED) is 0.794. The van der Waals surface area contributed by atoms with Gasteiger partial charge in [0, 0.05) is 13.1 Å². The zero-order chi connectivity index (χ0) is 12.3. The second-order valence-corrected chi connectivity index (χ2v) is 5.34. The van der Waals surface area contributed by atoms with Crippen molar-refractivity contribution in [2.24, 2.45) is 0 Å². The van der Waals surface area contributed by atoms with Gasteiger partial charge in [0.1, 0.15) is 11.9 Å². The Bertz CT molecular complexity index is 336. The number of piperidine rings is 1. The number of rotatable bonds is 3. The van der Waals surface area contributed by atoms with Crippen molar-refractivity contribution in [2.45, 2.75) is 38.7 Å². The molecule has 0 atom stereocenters. The van der Waals surface area contributed by atoms with Crippen LogP contribution in [-0.2, 0) is 0 Å². The second-order valence-electron chi connectivity index (χ2n) is 5.34. The predicted octanol–water partition coefficient (Wildman–Crippen LogP) is 3.28. The Hall–Kier alpha value is -1.02. The summed E-state index contributed by atoms with van der Waals surface area (Å²) >= 11 is 0. The minimum atomic E-state index is 0.399. The molecule has 0 spiro atoms. The largest absolute Gasteiger partial charge is 0.490 e. The molecule has 0 aromatic heterocycles. The third-order valence-electron chi connectivity index (χ3n) is 3.52. The van der Waals surface area contributed by atoms with E-state index in [2.05, 4.69) is 50.1 Å². The fourth-order valence-electron chi connectivity index (χ4n) is 2.23. The van der Waals surface area contributed by atoms with Gasteiger partial charge in [-0.05, 0) is 43.5 Å². The van der Waals surface area contributed by atoms with E-state index in [1.165, 1.54) is 5.56 Å². The lowest BCUT2D eigenvalue weighted by molar-refractivity contribution is 0.114. The molecule has 0 amide bonds. The molecular formula is C15H23NO. The van der Waals surface area contributed by atoms with Gasteiger partial charge in [0.05, 0.1) is 0 Å². The molecule has 1 heterocycles. The highest BCUT2D eigenvalue weighted by atomic mass is 16.5. The van der Waals surface area contributed by atoms with Crippen molar-refractivity contribution < 1.29 is 4.74 Å². The van der Waals surface area contributed by atoms with E-state index in [0.717, 1.165) is 31.7 Å². The first kappa shape index (κ1) is 12.4. The molecule has 1 aliphatic rings. The number of hydrogen-bond donors (Lipinski definition) is 0. The lowest BCUT2D eigenvalue weighted by atomic mass is 10.0. The average Bonchev–Trinajstić information content (AvgIpc) is 2.33. The molecule has 17 heavy (non-hydrogen) atoms. The lowest BCUT2D eigenvalue weighted by Gasteiger charge is -2.29. The van der Waals surface area contributed by atoms with Gasteiger partial charge in [-0.2, -0.15) is 0 Å². The minimum absolute atomic E-state index is 0.399. The van der Waals surface area contributed by atoms with Gasteiger partial charge in [0.15, 0.2) is 0 Å². The van der Waals surface area contributed by atoms with Gasteiger partial charge in [0.2, 0.25) is 0 Å². The molecule has 2 heteroatoms. The molecule has 1 aromatic carbocycles. The molecule has 2 nitrogen and oxygen atoms in total. The molecule has 0 bridgehead atoms. The summed E-state index contributed by atoms with van der Waals surface area (Å²) in [5, 5.41) is 0. The SMILES string of the molecule is CC(C)c1ccc(OC2CCN(C)CC2)cc1. The number of likely N-dealkylation sites (tertiary alicyclic amines) is 1. The smallest absolute Gasteiger partial charge is 0.119 e. The van der Waals surface area contributed by atoms with Crippen LogP contribution >= 0.6 is 0 Å². The van der Waals surface area contributed by atoms with Crippen LogP contribution in [0.5, 0.6) is 5.75 Å². The molecule has 1 aliphatic heterocycles. The maximum Gasteiger partial charge on any atom is 0.119 e. The Kier molecular flexibility index (Phi) is 4.06. The van der Waals surface area contributed by atoms with Crippen molar-refractivity contribution in [3.63, 3.8) is 0 Å². The van der Waals surface area contributed by atoms with Crippen LogP contribution in [0.2, 0.25) is 0 Å². The summed E-state index contributed by atoms with van der Waals surface area (Å²) in [4.78, 5) is 2.36. The third kappa shape index (κ3) is 3.47. The predicted molar refractivity (Wildman–Crippen MR) is 71.7 cm³/mol. The van der Waals surface area contributed by atoms with Gasteiger partial charge < -0.3 is 9.64 Å². The molecule has 1 saturated heterocycles. The van der Waals surface area contributed by atoms with Gasteiger partial charge in [-0.1, -0.05) is 26.0 Å². The van der Waals surface area contributed by atoms with Gasteiger partial charge >= 0.3 is 0 Å². The summed E-state index contributed by atoms with van der Waals surface area (Å²) in [6.07, 6.45) is 2.68. The topological polar surface area (TPSA) is 12.5 Å². The van der Waals surface area contributed by atoms with E-state index in [-0.39, 0.29) is 0 Å². The monoisotopic (exact) mass is 233 g/mol. The molecule has 0 aliphatic carbocycles. The number of hydrogen-bond acceptors (Lipinski definition) is 2. The van der Waals surface area contributed by atoms with E-state index in [1.807, 2.05) is 0 Å². The molecule has 0 N–H and O–H groups in total. The zero-order valence-electron chi connectivity index (χ0n) is 11.1. The van der Waals surface area contributed by atoms with Crippen molar-refractivity contribution in [3.8, 4) is 5.75 Å². The Morgan fingerprint density at radius 3 is 2.24 bits per heavy atom. The first-order valence-electron chi connectivity index (χ1n) is 6.60. The second kappa shape index (κ2) is 5.54. The van der Waals surface area contributed by atoms with E-state index in [9.17, 15) is 0 Å². The summed E-state index contributed by atoms with van der Waals surface area (Å²) in [5.74, 6) is 1.61. The number of nitrogens with zero attached hydrogens (tertiary/aromatic N) is 1. The molecule has 0 saturated carbocycles. The van der Waals surface area contributed by atoms with E-state index in [0.29, 0.717) is 12.0 Å². The van der Waals surface area contributed by atoms with E-state index in [1.54, 1.807) is 0 Å². The first-order valence-corrected chi connectivity index (χ1v) is 6.60. The van der Waals surface area contributed by atoms with E-state index >= 15 is 0 Å². The molecule has 0 radical (unpaired) electrons. The van der Waals surface area contributed by atoms with Crippen molar-refractivity contribution in [3.05, 3.63) is 29.8 Å². The Morgan fingerprint density at radius 2 is 1.71 bits per heavy atom. The summed E-state index contributed by atoms with van der Waals surface area (Å²) in [6, 6.07) is 8.56. The fraction of sp³-hybridized carbons (Fsp3) is 0.600. The Morgan fingerprint density at radius 1 is 1.12 bits per heavy atom. The first-order chi connectivity index (χ1) is 8.15. The molecule has 1 fully saturated rings. The lowest BCUT2D eigenvalue weighted by Crippen LogP contribution is -2.35.